The first-order chi connectivity index (χ1) is 7.51. The maximum atomic E-state index is 8.66. The molecule has 0 aliphatic heterocycles. The number of hydrogen-bond donors (Lipinski definition) is 0. The Bertz CT molecular complexity index is 210. The van der Waals surface area contributed by atoms with E-state index >= 15 is 0 Å². The summed E-state index contributed by atoms with van der Waals surface area (Å²) in [5, 5.41) is 8.66. The molecule has 0 bridgehead atoms. The number of nitriles is 1. The van der Waals surface area contributed by atoms with Crippen molar-refractivity contribution in [1.29, 1.82) is 5.26 Å². The number of nitrogens with zero attached hydrogens (tertiary/aromatic N) is 3. The fourth-order valence-electron chi connectivity index (χ4n) is 1.60. The topological polar surface area (TPSA) is 30.3 Å². The molecule has 2 atom stereocenters. The molecule has 0 aromatic carbocycles. The lowest BCUT2D eigenvalue weighted by Gasteiger charge is -2.23. The van der Waals surface area contributed by atoms with E-state index in [4.69, 9.17) is 5.26 Å². The van der Waals surface area contributed by atoms with Gasteiger partial charge >= 0.3 is 0 Å². The second-order valence-corrected chi connectivity index (χ2v) is 4.95. The predicted octanol–water partition coefficient (Wildman–Crippen LogP) is 2.40. The van der Waals surface area contributed by atoms with Crippen molar-refractivity contribution in [2.75, 3.05) is 33.7 Å². The molecule has 3 nitrogen and oxygen atoms in total. The summed E-state index contributed by atoms with van der Waals surface area (Å²) in [6.07, 6.45) is 4.51. The molecule has 0 aliphatic rings. The lowest BCUT2D eigenvalue weighted by Crippen LogP contribution is -2.24. The Morgan fingerprint density at radius 2 is 1.56 bits per heavy atom. The second kappa shape index (κ2) is 8.41. The van der Waals surface area contributed by atoms with Gasteiger partial charge in [0.05, 0.1) is 0 Å². The summed E-state index contributed by atoms with van der Waals surface area (Å²) < 4.78 is 0. The quantitative estimate of drug-likeness (QED) is 0.469. The van der Waals surface area contributed by atoms with Crippen molar-refractivity contribution < 1.29 is 0 Å². The van der Waals surface area contributed by atoms with Crippen LogP contribution in [-0.4, -0.2) is 43.5 Å². The summed E-state index contributed by atoms with van der Waals surface area (Å²) in [6.45, 7) is 9.98. The molecular weight excluding hydrogens is 198 g/mol. The highest BCUT2D eigenvalue weighted by molar-refractivity contribution is 4.71. The summed E-state index contributed by atoms with van der Waals surface area (Å²) in [4.78, 5) is 4.06. The fourth-order valence-corrected chi connectivity index (χ4v) is 1.60. The third-order valence-corrected chi connectivity index (χ3v) is 3.57. The molecule has 0 saturated heterocycles. The van der Waals surface area contributed by atoms with E-state index in [1.165, 1.54) is 13.0 Å². The zero-order chi connectivity index (χ0) is 12.6. The van der Waals surface area contributed by atoms with Crippen LogP contribution in [0.1, 0.15) is 33.6 Å². The molecule has 0 spiro atoms. The SMILES string of the molecule is CCN(C)CCC(C)C(C)CCN(C)C#N. The molecule has 16 heavy (non-hydrogen) atoms. The van der Waals surface area contributed by atoms with E-state index in [1.54, 1.807) is 4.90 Å². The van der Waals surface area contributed by atoms with Crippen molar-refractivity contribution in [3.05, 3.63) is 0 Å². The van der Waals surface area contributed by atoms with E-state index < -0.39 is 0 Å². The van der Waals surface area contributed by atoms with Crippen molar-refractivity contribution in [2.24, 2.45) is 11.8 Å². The van der Waals surface area contributed by atoms with E-state index in [9.17, 15) is 0 Å². The van der Waals surface area contributed by atoms with Crippen LogP contribution < -0.4 is 0 Å². The highest BCUT2D eigenvalue weighted by Crippen LogP contribution is 2.18. The highest BCUT2D eigenvalue weighted by atomic mass is 15.1. The zero-order valence-corrected chi connectivity index (χ0v) is 11.5. The first-order valence-electron chi connectivity index (χ1n) is 6.30. The van der Waals surface area contributed by atoms with Gasteiger partial charge in [0.1, 0.15) is 0 Å². The van der Waals surface area contributed by atoms with Gasteiger partial charge in [-0.3, -0.25) is 0 Å². The van der Waals surface area contributed by atoms with Gasteiger partial charge in [-0.05, 0) is 44.8 Å². The van der Waals surface area contributed by atoms with Gasteiger partial charge in [0.25, 0.3) is 0 Å². The van der Waals surface area contributed by atoms with Gasteiger partial charge in [-0.25, -0.2) is 0 Å². The van der Waals surface area contributed by atoms with E-state index in [-0.39, 0.29) is 0 Å². The zero-order valence-electron chi connectivity index (χ0n) is 11.5. The van der Waals surface area contributed by atoms with Crippen LogP contribution in [0.4, 0.5) is 0 Å². The van der Waals surface area contributed by atoms with E-state index in [0.717, 1.165) is 25.4 Å². The maximum Gasteiger partial charge on any atom is 0.179 e. The van der Waals surface area contributed by atoms with Crippen molar-refractivity contribution in [2.45, 2.75) is 33.6 Å². The molecule has 0 rings (SSSR count). The molecule has 0 aliphatic carbocycles. The van der Waals surface area contributed by atoms with Gasteiger partial charge in [0.15, 0.2) is 6.19 Å². The lowest BCUT2D eigenvalue weighted by molar-refractivity contribution is 0.263. The Kier molecular flexibility index (Phi) is 8.01. The molecule has 3 heteroatoms. The van der Waals surface area contributed by atoms with Crippen molar-refractivity contribution >= 4 is 0 Å². The third kappa shape index (κ3) is 6.68. The highest BCUT2D eigenvalue weighted by Gasteiger charge is 2.13. The summed E-state index contributed by atoms with van der Waals surface area (Å²) >= 11 is 0. The summed E-state index contributed by atoms with van der Waals surface area (Å²) in [7, 11) is 4.02. The van der Waals surface area contributed by atoms with Gasteiger partial charge < -0.3 is 9.80 Å². The van der Waals surface area contributed by atoms with Gasteiger partial charge in [0, 0.05) is 13.6 Å². The van der Waals surface area contributed by atoms with Gasteiger partial charge in [-0.15, -0.1) is 0 Å². The Morgan fingerprint density at radius 3 is 2.00 bits per heavy atom. The Balaban J connectivity index is 3.73. The van der Waals surface area contributed by atoms with E-state index in [2.05, 4.69) is 38.9 Å². The minimum absolute atomic E-state index is 0.695. The summed E-state index contributed by atoms with van der Waals surface area (Å²) in [6, 6.07) is 0. The van der Waals surface area contributed by atoms with E-state index in [1.807, 2.05) is 7.05 Å². The van der Waals surface area contributed by atoms with Gasteiger partial charge in [-0.2, -0.15) is 5.26 Å². The smallest absolute Gasteiger partial charge is 0.179 e. The van der Waals surface area contributed by atoms with Crippen LogP contribution in [0.25, 0.3) is 0 Å². The van der Waals surface area contributed by atoms with Crippen LogP contribution in [-0.2, 0) is 0 Å². The molecule has 0 fully saturated rings. The Morgan fingerprint density at radius 1 is 1.06 bits per heavy atom. The third-order valence-electron chi connectivity index (χ3n) is 3.57. The van der Waals surface area contributed by atoms with Crippen molar-refractivity contribution in [3.63, 3.8) is 0 Å². The molecular formula is C13H27N3. The normalized spacial score (nSPS) is 14.6. The lowest BCUT2D eigenvalue weighted by atomic mass is 9.90. The van der Waals surface area contributed by atoms with Gasteiger partial charge in [-0.1, -0.05) is 20.8 Å². The van der Waals surface area contributed by atoms with Crippen molar-refractivity contribution in [3.8, 4) is 6.19 Å². The fraction of sp³-hybridized carbons (Fsp3) is 0.923. The summed E-state index contributed by atoms with van der Waals surface area (Å²) in [5.74, 6) is 1.43. The molecule has 0 radical (unpaired) electrons. The predicted molar refractivity (Wildman–Crippen MR) is 69.0 cm³/mol. The molecule has 0 heterocycles. The van der Waals surface area contributed by atoms with Crippen LogP contribution in [0.5, 0.6) is 0 Å². The minimum atomic E-state index is 0.695. The first kappa shape index (κ1) is 15.2. The molecule has 0 saturated carbocycles. The molecule has 0 aromatic rings. The first-order valence-corrected chi connectivity index (χ1v) is 6.30. The number of hydrogen-bond acceptors (Lipinski definition) is 3. The monoisotopic (exact) mass is 225 g/mol. The maximum absolute atomic E-state index is 8.66. The largest absolute Gasteiger partial charge is 0.314 e. The van der Waals surface area contributed by atoms with Crippen LogP contribution in [0, 0.1) is 23.3 Å². The number of rotatable bonds is 8. The summed E-state index contributed by atoms with van der Waals surface area (Å²) in [5.41, 5.74) is 0. The molecule has 94 valence electrons. The molecule has 0 aromatic heterocycles. The average Bonchev–Trinajstić information content (AvgIpc) is 2.31. The Labute approximate surface area is 101 Å². The van der Waals surface area contributed by atoms with E-state index in [0.29, 0.717) is 5.92 Å². The Hall–Kier alpha value is -0.750. The molecule has 0 N–H and O–H groups in total. The average molecular weight is 225 g/mol. The van der Waals surface area contributed by atoms with Crippen LogP contribution in [0.15, 0.2) is 0 Å². The minimum Gasteiger partial charge on any atom is -0.314 e. The molecule has 2 unspecified atom stereocenters. The van der Waals surface area contributed by atoms with Crippen LogP contribution >= 0.6 is 0 Å². The van der Waals surface area contributed by atoms with Crippen molar-refractivity contribution in [1.82, 2.24) is 9.80 Å². The van der Waals surface area contributed by atoms with Gasteiger partial charge in [0.2, 0.25) is 0 Å². The van der Waals surface area contributed by atoms with Crippen LogP contribution in [0.2, 0.25) is 0 Å². The van der Waals surface area contributed by atoms with Crippen LogP contribution in [0.3, 0.4) is 0 Å². The second-order valence-electron chi connectivity index (χ2n) is 4.95. The molecule has 0 amide bonds. The standard InChI is InChI=1S/C13H27N3/c1-6-15(4)9-7-12(2)13(3)8-10-16(5)11-14/h12-13H,6-10H2,1-5H3.